The summed E-state index contributed by atoms with van der Waals surface area (Å²) in [5.41, 5.74) is 2.26. The van der Waals surface area contributed by atoms with E-state index in [1.165, 1.54) is 5.56 Å². The van der Waals surface area contributed by atoms with Crippen LogP contribution in [0.2, 0.25) is 0 Å². The second kappa shape index (κ2) is 4.67. The molecule has 1 fully saturated rings. The number of hydrogen-bond donors (Lipinski definition) is 1. The molecule has 2 heteroatoms. The maximum atomic E-state index is 9.78. The molecule has 82 valence electrons. The molecule has 2 nitrogen and oxygen atoms in total. The van der Waals surface area contributed by atoms with E-state index in [4.69, 9.17) is 4.74 Å². The third-order valence-corrected chi connectivity index (χ3v) is 2.91. The summed E-state index contributed by atoms with van der Waals surface area (Å²) in [4.78, 5) is 0. The zero-order chi connectivity index (χ0) is 10.7. The molecule has 1 saturated heterocycles. The van der Waals surface area contributed by atoms with Crippen LogP contribution in [0.5, 0.6) is 5.75 Å². The van der Waals surface area contributed by atoms with E-state index in [-0.39, 0.29) is 6.10 Å². The van der Waals surface area contributed by atoms with Gasteiger partial charge in [-0.15, -0.1) is 0 Å². The van der Waals surface area contributed by atoms with E-state index >= 15 is 0 Å². The van der Waals surface area contributed by atoms with E-state index in [1.807, 2.05) is 6.07 Å². The van der Waals surface area contributed by atoms with Gasteiger partial charge in [-0.2, -0.15) is 0 Å². The molecular formula is C13H18O2. The van der Waals surface area contributed by atoms with Crippen LogP contribution >= 0.6 is 0 Å². The van der Waals surface area contributed by atoms with Gasteiger partial charge in [0.15, 0.2) is 0 Å². The van der Waals surface area contributed by atoms with Gasteiger partial charge in [-0.25, -0.2) is 0 Å². The van der Waals surface area contributed by atoms with Gasteiger partial charge in [0.2, 0.25) is 0 Å². The molecule has 15 heavy (non-hydrogen) atoms. The minimum Gasteiger partial charge on any atom is -0.508 e. The summed E-state index contributed by atoms with van der Waals surface area (Å²) in [7, 11) is 0. The Balaban J connectivity index is 2.23. The average Bonchev–Trinajstić information content (AvgIpc) is 2.74. The Morgan fingerprint density at radius 1 is 1.47 bits per heavy atom. The number of hydrogen-bond acceptors (Lipinski definition) is 2. The molecule has 0 radical (unpaired) electrons. The van der Waals surface area contributed by atoms with Crippen LogP contribution in [0.1, 0.15) is 43.4 Å². The molecule has 1 aromatic carbocycles. The second-order valence-electron chi connectivity index (χ2n) is 4.14. The summed E-state index contributed by atoms with van der Waals surface area (Å²) in [6.07, 6.45) is 4.45. The Hall–Kier alpha value is -1.02. The first kappa shape index (κ1) is 10.5. The normalized spacial score (nSPS) is 20.7. The molecule has 1 aromatic rings. The molecule has 1 heterocycles. The van der Waals surface area contributed by atoms with Gasteiger partial charge in [0, 0.05) is 12.2 Å². The predicted octanol–water partition coefficient (Wildman–Crippen LogP) is 3.20. The molecule has 1 unspecified atom stereocenters. The highest BCUT2D eigenvalue weighted by Crippen LogP contribution is 2.34. The second-order valence-corrected chi connectivity index (χ2v) is 4.14. The number of rotatable bonds is 3. The van der Waals surface area contributed by atoms with E-state index in [2.05, 4.69) is 13.0 Å². The smallest absolute Gasteiger partial charge is 0.121 e. The lowest BCUT2D eigenvalue weighted by Crippen LogP contribution is -1.97. The first-order valence-electron chi connectivity index (χ1n) is 5.74. The van der Waals surface area contributed by atoms with E-state index in [9.17, 15) is 5.11 Å². The highest BCUT2D eigenvalue weighted by molar-refractivity contribution is 5.38. The van der Waals surface area contributed by atoms with Crippen molar-refractivity contribution in [2.24, 2.45) is 0 Å². The number of phenols is 1. The maximum absolute atomic E-state index is 9.78. The summed E-state index contributed by atoms with van der Waals surface area (Å²) < 4.78 is 5.59. The van der Waals surface area contributed by atoms with E-state index in [0.717, 1.165) is 37.9 Å². The van der Waals surface area contributed by atoms with Gasteiger partial charge in [-0.05, 0) is 37.0 Å². The van der Waals surface area contributed by atoms with Crippen molar-refractivity contribution < 1.29 is 9.84 Å². The molecule has 0 aliphatic carbocycles. The zero-order valence-electron chi connectivity index (χ0n) is 9.20. The van der Waals surface area contributed by atoms with Crippen LogP contribution in [-0.2, 0) is 11.2 Å². The predicted molar refractivity (Wildman–Crippen MR) is 60.0 cm³/mol. The fraction of sp³-hybridized carbons (Fsp3) is 0.538. The first-order valence-corrected chi connectivity index (χ1v) is 5.74. The van der Waals surface area contributed by atoms with Crippen molar-refractivity contribution in [1.82, 2.24) is 0 Å². The van der Waals surface area contributed by atoms with Gasteiger partial charge in [-0.3, -0.25) is 0 Å². The molecular weight excluding hydrogens is 188 g/mol. The summed E-state index contributed by atoms with van der Waals surface area (Å²) in [5, 5.41) is 9.78. The summed E-state index contributed by atoms with van der Waals surface area (Å²) >= 11 is 0. The summed E-state index contributed by atoms with van der Waals surface area (Å²) in [6.45, 7) is 2.99. The van der Waals surface area contributed by atoms with Crippen LogP contribution < -0.4 is 0 Å². The van der Waals surface area contributed by atoms with Crippen LogP contribution in [-0.4, -0.2) is 11.7 Å². The van der Waals surface area contributed by atoms with Crippen molar-refractivity contribution in [2.45, 2.75) is 38.7 Å². The molecule has 0 saturated carbocycles. The summed E-state index contributed by atoms with van der Waals surface area (Å²) in [6, 6.07) is 5.88. The van der Waals surface area contributed by atoms with Crippen molar-refractivity contribution in [1.29, 1.82) is 0 Å². The monoisotopic (exact) mass is 206 g/mol. The molecule has 1 N–H and O–H groups in total. The number of ether oxygens (including phenoxy) is 1. The van der Waals surface area contributed by atoms with Gasteiger partial charge < -0.3 is 9.84 Å². The highest BCUT2D eigenvalue weighted by atomic mass is 16.5. The SMILES string of the molecule is CCCc1ccc(O)c(C2CCCO2)c1. The van der Waals surface area contributed by atoms with Gasteiger partial charge >= 0.3 is 0 Å². The van der Waals surface area contributed by atoms with Crippen molar-refractivity contribution in [3.8, 4) is 5.75 Å². The van der Waals surface area contributed by atoms with Crippen molar-refractivity contribution >= 4 is 0 Å². The maximum Gasteiger partial charge on any atom is 0.121 e. The third kappa shape index (κ3) is 2.32. The third-order valence-electron chi connectivity index (χ3n) is 2.91. The lowest BCUT2D eigenvalue weighted by molar-refractivity contribution is 0.109. The van der Waals surface area contributed by atoms with Gasteiger partial charge in [-0.1, -0.05) is 19.4 Å². The average molecular weight is 206 g/mol. The summed E-state index contributed by atoms with van der Waals surface area (Å²) in [5.74, 6) is 0.377. The largest absolute Gasteiger partial charge is 0.508 e. The fourth-order valence-corrected chi connectivity index (χ4v) is 2.13. The topological polar surface area (TPSA) is 29.5 Å². The van der Waals surface area contributed by atoms with Crippen molar-refractivity contribution in [3.05, 3.63) is 29.3 Å². The Morgan fingerprint density at radius 2 is 2.33 bits per heavy atom. The fourth-order valence-electron chi connectivity index (χ4n) is 2.13. The zero-order valence-corrected chi connectivity index (χ0v) is 9.20. The van der Waals surface area contributed by atoms with Crippen LogP contribution in [0.3, 0.4) is 0 Å². The lowest BCUT2D eigenvalue weighted by Gasteiger charge is -2.13. The van der Waals surface area contributed by atoms with Crippen LogP contribution in [0.4, 0.5) is 0 Å². The Kier molecular flexibility index (Phi) is 3.27. The number of aromatic hydroxyl groups is 1. The van der Waals surface area contributed by atoms with Gasteiger partial charge in [0.1, 0.15) is 5.75 Å². The Labute approximate surface area is 90.9 Å². The standard InChI is InChI=1S/C13H18O2/c1-2-4-10-6-7-12(14)11(9-10)13-5-3-8-15-13/h6-7,9,13-14H,2-5,8H2,1H3. The van der Waals surface area contributed by atoms with Crippen molar-refractivity contribution in [2.75, 3.05) is 6.61 Å². The molecule has 1 aliphatic heterocycles. The van der Waals surface area contributed by atoms with Crippen molar-refractivity contribution in [3.63, 3.8) is 0 Å². The number of phenolic OH excluding ortho intramolecular Hbond substituents is 1. The highest BCUT2D eigenvalue weighted by Gasteiger charge is 2.20. The molecule has 2 rings (SSSR count). The molecule has 0 amide bonds. The minimum absolute atomic E-state index is 0.113. The lowest BCUT2D eigenvalue weighted by atomic mass is 10.0. The Bertz CT molecular complexity index is 327. The van der Waals surface area contributed by atoms with Crippen LogP contribution in [0.25, 0.3) is 0 Å². The van der Waals surface area contributed by atoms with Crippen LogP contribution in [0, 0.1) is 0 Å². The molecule has 0 aromatic heterocycles. The Morgan fingerprint density at radius 3 is 3.00 bits per heavy atom. The van der Waals surface area contributed by atoms with Gasteiger partial charge in [0.05, 0.1) is 6.10 Å². The molecule has 0 spiro atoms. The molecule has 0 bridgehead atoms. The number of aryl methyl sites for hydroxylation is 1. The first-order chi connectivity index (χ1) is 7.31. The molecule has 1 atom stereocenters. The van der Waals surface area contributed by atoms with Gasteiger partial charge in [0.25, 0.3) is 0 Å². The minimum atomic E-state index is 0.113. The van der Waals surface area contributed by atoms with Crippen LogP contribution in [0.15, 0.2) is 18.2 Å². The van der Waals surface area contributed by atoms with E-state index in [0.29, 0.717) is 5.75 Å². The number of benzene rings is 1. The van der Waals surface area contributed by atoms with E-state index in [1.54, 1.807) is 6.07 Å². The quantitative estimate of drug-likeness (QED) is 0.823. The van der Waals surface area contributed by atoms with E-state index < -0.39 is 0 Å². The molecule has 1 aliphatic rings.